The summed E-state index contributed by atoms with van der Waals surface area (Å²) in [6.07, 6.45) is 0. The third-order valence-corrected chi connectivity index (χ3v) is 4.16. The number of rotatable bonds is 2. The minimum Gasteiger partial charge on any atom is -0.392 e. The molecule has 0 aliphatic rings. The Morgan fingerprint density at radius 2 is 2.14 bits per heavy atom. The lowest BCUT2D eigenvalue weighted by atomic mass is 10.1. The molecule has 0 unspecified atom stereocenters. The summed E-state index contributed by atoms with van der Waals surface area (Å²) < 4.78 is 2.21. The van der Waals surface area contributed by atoms with Crippen LogP contribution in [-0.2, 0) is 12.5 Å². The van der Waals surface area contributed by atoms with E-state index in [1.807, 2.05) is 11.4 Å². The van der Waals surface area contributed by atoms with Gasteiger partial charge in [0, 0.05) is 15.1 Å². The lowest BCUT2D eigenvalue weighted by Gasteiger charge is -2.01. The quantitative estimate of drug-likeness (QED) is 0.832. The molecule has 0 aliphatic carbocycles. The first-order valence-electron chi connectivity index (χ1n) is 4.11. The van der Waals surface area contributed by atoms with E-state index >= 15 is 0 Å². The van der Waals surface area contributed by atoms with Crippen molar-refractivity contribution in [3.8, 4) is 0 Å². The Balaban J connectivity index is 2.70. The minimum absolute atomic E-state index is 0.0867. The molecule has 0 fully saturated rings. The fraction of sp³-hybridized carbons (Fsp3) is 0.200. The zero-order chi connectivity index (χ0) is 10.1. The second-order valence-corrected chi connectivity index (χ2v) is 5.03. The second kappa shape index (κ2) is 4.19. The van der Waals surface area contributed by atoms with Crippen molar-refractivity contribution in [2.45, 2.75) is 12.5 Å². The van der Waals surface area contributed by atoms with Crippen molar-refractivity contribution >= 4 is 49.0 Å². The monoisotopic (exact) mass is 290 g/mol. The van der Waals surface area contributed by atoms with Gasteiger partial charge in [0.25, 0.3) is 0 Å². The molecule has 0 bridgehead atoms. The Hall–Kier alpha value is -0.0900. The number of alkyl halides is 1. The van der Waals surface area contributed by atoms with Crippen LogP contribution in [-0.4, -0.2) is 5.11 Å². The summed E-state index contributed by atoms with van der Waals surface area (Å²) in [7, 11) is 0. The van der Waals surface area contributed by atoms with E-state index in [9.17, 15) is 0 Å². The van der Waals surface area contributed by atoms with Crippen molar-refractivity contribution in [2.24, 2.45) is 0 Å². The number of aliphatic hydroxyl groups excluding tert-OH is 1. The van der Waals surface area contributed by atoms with E-state index in [4.69, 9.17) is 16.7 Å². The highest BCUT2D eigenvalue weighted by Crippen LogP contribution is 2.32. The van der Waals surface area contributed by atoms with Crippen molar-refractivity contribution in [3.05, 3.63) is 33.1 Å². The van der Waals surface area contributed by atoms with Gasteiger partial charge in [-0.25, -0.2) is 0 Å². The van der Waals surface area contributed by atoms with E-state index in [0.717, 1.165) is 21.0 Å². The Morgan fingerprint density at radius 1 is 1.36 bits per heavy atom. The molecule has 0 saturated carbocycles. The third kappa shape index (κ3) is 1.70. The van der Waals surface area contributed by atoms with Crippen LogP contribution in [0.25, 0.3) is 10.1 Å². The number of thiophene rings is 1. The molecule has 0 saturated heterocycles. The summed E-state index contributed by atoms with van der Waals surface area (Å²) in [4.78, 5) is 0. The zero-order valence-corrected chi connectivity index (χ0v) is 10.4. The molecule has 4 heteroatoms. The van der Waals surface area contributed by atoms with Crippen LogP contribution in [0.5, 0.6) is 0 Å². The number of hydrogen-bond acceptors (Lipinski definition) is 2. The maximum Gasteiger partial charge on any atom is 0.0696 e. The molecule has 1 aromatic carbocycles. The molecule has 0 atom stereocenters. The highest BCUT2D eigenvalue weighted by atomic mass is 79.9. The summed E-state index contributed by atoms with van der Waals surface area (Å²) in [6.45, 7) is 0.0867. The average molecular weight is 292 g/mol. The van der Waals surface area contributed by atoms with E-state index in [-0.39, 0.29) is 6.61 Å². The van der Waals surface area contributed by atoms with E-state index in [1.54, 1.807) is 11.3 Å². The largest absolute Gasteiger partial charge is 0.392 e. The predicted octanol–water partition coefficient (Wildman–Crippen LogP) is 3.89. The number of halogens is 2. The van der Waals surface area contributed by atoms with Gasteiger partial charge in [-0.2, -0.15) is 0 Å². The van der Waals surface area contributed by atoms with E-state index in [0.29, 0.717) is 5.88 Å². The van der Waals surface area contributed by atoms with Gasteiger partial charge >= 0.3 is 0 Å². The van der Waals surface area contributed by atoms with Crippen LogP contribution < -0.4 is 0 Å². The summed E-state index contributed by atoms with van der Waals surface area (Å²) in [5, 5.41) is 12.2. The van der Waals surface area contributed by atoms with Crippen molar-refractivity contribution in [2.75, 3.05) is 0 Å². The number of aliphatic hydroxyl groups is 1. The van der Waals surface area contributed by atoms with Crippen LogP contribution in [0.2, 0.25) is 0 Å². The molecule has 2 aromatic rings. The Morgan fingerprint density at radius 3 is 2.79 bits per heavy atom. The first kappa shape index (κ1) is 10.4. The van der Waals surface area contributed by atoms with Crippen molar-refractivity contribution in [1.29, 1.82) is 0 Å². The molecular formula is C10H8BrClOS. The normalized spacial score (nSPS) is 11.1. The van der Waals surface area contributed by atoms with Gasteiger partial charge in [-0.15, -0.1) is 22.9 Å². The molecule has 2 rings (SSSR count). The standard InChI is InChI=1S/C10H8BrClOS/c11-9-2-10-8(1-6(9)3-12)7(4-13)5-14-10/h1-2,5,13H,3-4H2. The van der Waals surface area contributed by atoms with Gasteiger partial charge in [0.15, 0.2) is 0 Å². The zero-order valence-electron chi connectivity index (χ0n) is 7.26. The lowest BCUT2D eigenvalue weighted by Crippen LogP contribution is -1.83. The van der Waals surface area contributed by atoms with Gasteiger partial charge in [-0.1, -0.05) is 15.9 Å². The van der Waals surface area contributed by atoms with E-state index < -0.39 is 0 Å². The fourth-order valence-electron chi connectivity index (χ4n) is 1.37. The molecular weight excluding hydrogens is 284 g/mol. The van der Waals surface area contributed by atoms with Crippen molar-refractivity contribution in [1.82, 2.24) is 0 Å². The van der Waals surface area contributed by atoms with Gasteiger partial charge in [-0.05, 0) is 34.0 Å². The smallest absolute Gasteiger partial charge is 0.0696 e. The topological polar surface area (TPSA) is 20.2 Å². The fourth-order valence-corrected chi connectivity index (χ4v) is 3.36. The Labute approximate surface area is 99.4 Å². The minimum atomic E-state index is 0.0867. The maximum atomic E-state index is 9.12. The number of hydrogen-bond donors (Lipinski definition) is 1. The molecule has 74 valence electrons. The van der Waals surface area contributed by atoms with E-state index in [2.05, 4.69) is 22.0 Å². The van der Waals surface area contributed by atoms with Gasteiger partial charge in [0.05, 0.1) is 6.61 Å². The molecule has 1 aromatic heterocycles. The summed E-state index contributed by atoms with van der Waals surface area (Å²) in [6, 6.07) is 4.09. The first-order chi connectivity index (χ1) is 6.76. The third-order valence-electron chi connectivity index (χ3n) is 2.14. The molecule has 0 aliphatic heterocycles. The SMILES string of the molecule is OCc1csc2cc(Br)c(CCl)cc12. The van der Waals surface area contributed by atoms with Gasteiger partial charge in [0.1, 0.15) is 0 Å². The van der Waals surface area contributed by atoms with Crippen LogP contribution in [0.3, 0.4) is 0 Å². The molecule has 1 heterocycles. The second-order valence-electron chi connectivity index (χ2n) is 2.99. The average Bonchev–Trinajstić information content (AvgIpc) is 2.58. The van der Waals surface area contributed by atoms with Crippen LogP contribution in [0.1, 0.15) is 11.1 Å². The summed E-state index contributed by atoms with van der Waals surface area (Å²) in [5.74, 6) is 0.483. The Bertz CT molecular complexity index is 466. The molecule has 0 radical (unpaired) electrons. The van der Waals surface area contributed by atoms with Crippen molar-refractivity contribution < 1.29 is 5.11 Å². The van der Waals surface area contributed by atoms with Crippen molar-refractivity contribution in [3.63, 3.8) is 0 Å². The molecule has 0 amide bonds. The highest BCUT2D eigenvalue weighted by molar-refractivity contribution is 9.10. The van der Waals surface area contributed by atoms with Crippen LogP contribution in [0.4, 0.5) is 0 Å². The lowest BCUT2D eigenvalue weighted by molar-refractivity contribution is 0.284. The Kier molecular flexibility index (Phi) is 3.12. The van der Waals surface area contributed by atoms with Crippen LogP contribution >= 0.6 is 38.9 Å². The molecule has 1 nitrogen and oxygen atoms in total. The maximum absolute atomic E-state index is 9.12. The molecule has 14 heavy (non-hydrogen) atoms. The number of fused-ring (bicyclic) bond motifs is 1. The van der Waals surface area contributed by atoms with E-state index in [1.165, 1.54) is 4.70 Å². The predicted molar refractivity (Wildman–Crippen MR) is 65.0 cm³/mol. The molecule has 1 N–H and O–H groups in total. The molecule has 0 spiro atoms. The number of benzene rings is 1. The van der Waals surface area contributed by atoms with Crippen LogP contribution in [0, 0.1) is 0 Å². The highest BCUT2D eigenvalue weighted by Gasteiger charge is 2.07. The van der Waals surface area contributed by atoms with Crippen LogP contribution in [0.15, 0.2) is 22.0 Å². The van der Waals surface area contributed by atoms with Gasteiger partial charge in [0.2, 0.25) is 0 Å². The van der Waals surface area contributed by atoms with Gasteiger partial charge < -0.3 is 5.11 Å². The summed E-state index contributed by atoms with van der Waals surface area (Å²) in [5.41, 5.74) is 2.04. The summed E-state index contributed by atoms with van der Waals surface area (Å²) >= 11 is 10.9. The van der Waals surface area contributed by atoms with Gasteiger partial charge in [-0.3, -0.25) is 0 Å². The first-order valence-corrected chi connectivity index (χ1v) is 6.32.